The van der Waals surface area contributed by atoms with Crippen molar-refractivity contribution in [3.05, 3.63) is 54.1 Å². The van der Waals surface area contributed by atoms with Gasteiger partial charge >= 0.3 is 0 Å². The number of sulfonamides is 1. The van der Waals surface area contributed by atoms with Crippen LogP contribution >= 0.6 is 12.4 Å². The summed E-state index contributed by atoms with van der Waals surface area (Å²) in [5, 5.41) is 6.10. The van der Waals surface area contributed by atoms with Crippen molar-refractivity contribution in [2.75, 3.05) is 24.9 Å². The zero-order valence-corrected chi connectivity index (χ0v) is 16.4. The number of methoxy groups -OCH3 is 1. The fourth-order valence-electron chi connectivity index (χ4n) is 2.71. The summed E-state index contributed by atoms with van der Waals surface area (Å²) in [6.45, 7) is 1.64. The van der Waals surface area contributed by atoms with Crippen molar-refractivity contribution in [2.24, 2.45) is 0 Å². The van der Waals surface area contributed by atoms with E-state index in [1.54, 1.807) is 31.4 Å². The van der Waals surface area contributed by atoms with Gasteiger partial charge < -0.3 is 15.4 Å². The largest absolute Gasteiger partial charge is 0.497 e. The van der Waals surface area contributed by atoms with E-state index in [4.69, 9.17) is 4.74 Å². The molecule has 0 spiro atoms. The number of benzene rings is 2. The summed E-state index contributed by atoms with van der Waals surface area (Å²) in [6.07, 6.45) is 0.893. The van der Waals surface area contributed by atoms with Crippen molar-refractivity contribution in [1.29, 1.82) is 0 Å². The van der Waals surface area contributed by atoms with Crippen LogP contribution in [0, 0.1) is 0 Å². The molecule has 0 radical (unpaired) electrons. The molecule has 0 saturated carbocycles. The van der Waals surface area contributed by atoms with Gasteiger partial charge in [-0.05, 0) is 61.5 Å². The first-order valence-electron chi connectivity index (χ1n) is 8.26. The average molecular weight is 412 g/mol. The maximum Gasteiger partial charge on any atom is 0.261 e. The predicted molar refractivity (Wildman–Crippen MR) is 106 cm³/mol. The van der Waals surface area contributed by atoms with Crippen molar-refractivity contribution < 1.29 is 17.9 Å². The first-order valence-corrected chi connectivity index (χ1v) is 9.75. The molecule has 9 heteroatoms. The molecule has 1 fully saturated rings. The van der Waals surface area contributed by atoms with E-state index >= 15 is 0 Å². The van der Waals surface area contributed by atoms with E-state index in [0.29, 0.717) is 17.0 Å². The molecular weight excluding hydrogens is 390 g/mol. The molecule has 3 N–H and O–H groups in total. The Morgan fingerprint density at radius 2 is 1.78 bits per heavy atom. The number of hydrogen-bond acceptors (Lipinski definition) is 5. The van der Waals surface area contributed by atoms with Crippen molar-refractivity contribution in [3.63, 3.8) is 0 Å². The number of anilines is 1. The van der Waals surface area contributed by atoms with E-state index in [0.717, 1.165) is 19.5 Å². The Kier molecular flexibility index (Phi) is 7.06. The van der Waals surface area contributed by atoms with Crippen molar-refractivity contribution in [1.82, 2.24) is 10.6 Å². The molecule has 0 aromatic heterocycles. The minimum Gasteiger partial charge on any atom is -0.497 e. The van der Waals surface area contributed by atoms with Crippen LogP contribution in [-0.4, -0.2) is 40.6 Å². The van der Waals surface area contributed by atoms with E-state index in [1.807, 2.05) is 0 Å². The second-order valence-electron chi connectivity index (χ2n) is 6.02. The minimum absolute atomic E-state index is 0. The second kappa shape index (κ2) is 9.07. The van der Waals surface area contributed by atoms with Crippen LogP contribution in [0.2, 0.25) is 0 Å². The van der Waals surface area contributed by atoms with Crippen LogP contribution in [0.4, 0.5) is 5.69 Å². The van der Waals surface area contributed by atoms with E-state index in [2.05, 4.69) is 15.4 Å². The highest BCUT2D eigenvalue weighted by Gasteiger charge is 2.19. The maximum absolute atomic E-state index is 12.5. The highest BCUT2D eigenvalue weighted by molar-refractivity contribution is 7.92. The molecular formula is C18H22ClN3O4S. The Balaban J connectivity index is 0.00000261. The summed E-state index contributed by atoms with van der Waals surface area (Å²) in [5.41, 5.74) is 0.863. The topological polar surface area (TPSA) is 96.5 Å². The highest BCUT2D eigenvalue weighted by atomic mass is 35.5. The van der Waals surface area contributed by atoms with Crippen molar-refractivity contribution in [3.8, 4) is 5.75 Å². The molecule has 1 saturated heterocycles. The molecule has 27 heavy (non-hydrogen) atoms. The molecule has 2 aromatic carbocycles. The van der Waals surface area contributed by atoms with Gasteiger partial charge in [0.25, 0.3) is 15.9 Å². The number of halogens is 1. The summed E-state index contributed by atoms with van der Waals surface area (Å²) in [4.78, 5) is 12.3. The molecule has 1 aliphatic heterocycles. The SMILES string of the molecule is COc1ccc(NS(=O)(=O)c2ccc(C(=O)NC3CCNC3)cc2)cc1.Cl. The van der Waals surface area contributed by atoms with E-state index < -0.39 is 10.0 Å². The van der Waals surface area contributed by atoms with Gasteiger partial charge in [-0.2, -0.15) is 0 Å². The Morgan fingerprint density at radius 1 is 1.11 bits per heavy atom. The van der Waals surface area contributed by atoms with Gasteiger partial charge in [-0.25, -0.2) is 8.42 Å². The standard InChI is InChI=1S/C18H21N3O4S.ClH/c1-25-16-6-4-14(5-7-16)21-26(23,24)17-8-2-13(3-9-17)18(22)20-15-10-11-19-12-15;/h2-9,15,19,21H,10-12H2,1H3,(H,20,22);1H. The van der Waals surface area contributed by atoms with Gasteiger partial charge in [-0.3, -0.25) is 9.52 Å². The summed E-state index contributed by atoms with van der Waals surface area (Å²) >= 11 is 0. The van der Waals surface area contributed by atoms with Gasteiger partial charge in [0, 0.05) is 23.8 Å². The molecule has 146 valence electrons. The third kappa shape index (κ3) is 5.35. The quantitative estimate of drug-likeness (QED) is 0.675. The number of ether oxygens (including phenoxy) is 1. The van der Waals surface area contributed by atoms with Crippen LogP contribution < -0.4 is 20.1 Å². The van der Waals surface area contributed by atoms with E-state index in [9.17, 15) is 13.2 Å². The molecule has 1 amide bonds. The van der Waals surface area contributed by atoms with Gasteiger partial charge in [0.05, 0.1) is 12.0 Å². The molecule has 0 bridgehead atoms. The second-order valence-corrected chi connectivity index (χ2v) is 7.70. The Morgan fingerprint density at radius 3 is 2.33 bits per heavy atom. The van der Waals surface area contributed by atoms with Crippen molar-refractivity contribution >= 4 is 34.0 Å². The highest BCUT2D eigenvalue weighted by Crippen LogP contribution is 2.19. The van der Waals surface area contributed by atoms with Gasteiger partial charge in [-0.1, -0.05) is 0 Å². The van der Waals surface area contributed by atoms with Crippen LogP contribution in [0.3, 0.4) is 0 Å². The summed E-state index contributed by atoms with van der Waals surface area (Å²) < 4.78 is 32.5. The lowest BCUT2D eigenvalue weighted by atomic mass is 10.2. The smallest absolute Gasteiger partial charge is 0.261 e. The molecule has 7 nitrogen and oxygen atoms in total. The lowest BCUT2D eigenvalue weighted by molar-refractivity contribution is 0.0940. The fourth-order valence-corrected chi connectivity index (χ4v) is 3.76. The lowest BCUT2D eigenvalue weighted by Gasteiger charge is -2.12. The summed E-state index contributed by atoms with van der Waals surface area (Å²) in [6, 6.07) is 12.6. The third-order valence-corrected chi connectivity index (χ3v) is 5.56. The summed E-state index contributed by atoms with van der Waals surface area (Å²) in [5.74, 6) is 0.437. The average Bonchev–Trinajstić information content (AvgIpc) is 3.15. The first-order chi connectivity index (χ1) is 12.5. The number of hydrogen-bond donors (Lipinski definition) is 3. The molecule has 3 rings (SSSR count). The number of carbonyl (C=O) groups is 1. The third-order valence-electron chi connectivity index (χ3n) is 4.16. The van der Waals surface area contributed by atoms with Crippen LogP contribution in [0.1, 0.15) is 16.8 Å². The van der Waals surface area contributed by atoms with Gasteiger partial charge in [0.15, 0.2) is 0 Å². The van der Waals surface area contributed by atoms with Crippen LogP contribution in [0.5, 0.6) is 5.75 Å². The first kappa shape index (κ1) is 21.0. The van der Waals surface area contributed by atoms with E-state index in [1.165, 1.54) is 24.3 Å². The molecule has 0 aliphatic carbocycles. The fraction of sp³-hybridized carbons (Fsp3) is 0.278. The lowest BCUT2D eigenvalue weighted by Crippen LogP contribution is -2.36. The summed E-state index contributed by atoms with van der Waals surface area (Å²) in [7, 11) is -2.19. The molecule has 1 heterocycles. The van der Waals surface area contributed by atoms with Crippen molar-refractivity contribution in [2.45, 2.75) is 17.4 Å². The van der Waals surface area contributed by atoms with Crippen LogP contribution in [0.25, 0.3) is 0 Å². The Hall–Kier alpha value is -2.29. The predicted octanol–water partition coefficient (Wildman–Crippen LogP) is 2.01. The maximum atomic E-state index is 12.5. The molecule has 2 aromatic rings. The number of rotatable bonds is 6. The number of amides is 1. The van der Waals surface area contributed by atoms with E-state index in [-0.39, 0.29) is 29.3 Å². The van der Waals surface area contributed by atoms with Crippen LogP contribution in [-0.2, 0) is 10.0 Å². The van der Waals surface area contributed by atoms with Gasteiger partial charge in [0.1, 0.15) is 5.75 Å². The normalized spacial score (nSPS) is 16.3. The Bertz CT molecular complexity index is 864. The minimum atomic E-state index is -3.73. The zero-order chi connectivity index (χ0) is 18.6. The van der Waals surface area contributed by atoms with Crippen LogP contribution in [0.15, 0.2) is 53.4 Å². The van der Waals surface area contributed by atoms with Gasteiger partial charge in [-0.15, -0.1) is 12.4 Å². The molecule has 1 atom stereocenters. The molecule has 1 aliphatic rings. The molecule has 1 unspecified atom stereocenters. The monoisotopic (exact) mass is 411 g/mol. The Labute approximate surface area is 165 Å². The number of carbonyl (C=O) groups excluding carboxylic acids is 1. The van der Waals surface area contributed by atoms with Gasteiger partial charge in [0.2, 0.25) is 0 Å². The zero-order valence-electron chi connectivity index (χ0n) is 14.8. The number of nitrogens with one attached hydrogen (secondary N) is 3.